The normalized spacial score (nSPS) is 10.6. The minimum absolute atomic E-state index is 0.337. The van der Waals surface area contributed by atoms with Crippen LogP contribution in [0.2, 0.25) is 5.02 Å². The van der Waals surface area contributed by atoms with E-state index in [0.29, 0.717) is 33.7 Å². The van der Waals surface area contributed by atoms with Crippen LogP contribution in [0, 0.1) is 0 Å². The van der Waals surface area contributed by atoms with Gasteiger partial charge in [-0.25, -0.2) is 0 Å². The van der Waals surface area contributed by atoms with Gasteiger partial charge in [0.25, 0.3) is 5.89 Å². The number of anilines is 1. The maximum Gasteiger partial charge on any atom is 0.260 e. The number of halogens is 1. The van der Waals surface area contributed by atoms with Crippen LogP contribution in [-0.4, -0.2) is 15.1 Å². The molecule has 94 valence electrons. The number of para-hydroxylation sites is 1. The highest BCUT2D eigenvalue weighted by molar-refractivity contribution is 6.32. The zero-order valence-electron chi connectivity index (χ0n) is 9.75. The highest BCUT2D eigenvalue weighted by atomic mass is 35.5. The predicted octanol–water partition coefficient (Wildman–Crippen LogP) is 3.03. The molecule has 3 aromatic rings. The Morgan fingerprint density at radius 3 is 2.74 bits per heavy atom. The van der Waals surface area contributed by atoms with E-state index in [-0.39, 0.29) is 0 Å². The zero-order valence-corrected chi connectivity index (χ0v) is 10.5. The van der Waals surface area contributed by atoms with E-state index < -0.39 is 0 Å². The fourth-order valence-corrected chi connectivity index (χ4v) is 1.88. The standard InChI is InChI=1S/C13H9ClN4O/c14-9-5-3-7-16-11(9)12-17-13(19-18-12)8-4-1-2-6-10(8)15/h1-7H,15H2. The Kier molecular flexibility index (Phi) is 2.89. The molecule has 0 bridgehead atoms. The number of pyridine rings is 1. The van der Waals surface area contributed by atoms with Gasteiger partial charge in [0.05, 0.1) is 10.6 Å². The summed E-state index contributed by atoms with van der Waals surface area (Å²) in [4.78, 5) is 8.40. The van der Waals surface area contributed by atoms with Crippen LogP contribution in [0.3, 0.4) is 0 Å². The van der Waals surface area contributed by atoms with Crippen LogP contribution in [0.15, 0.2) is 47.1 Å². The lowest BCUT2D eigenvalue weighted by atomic mass is 10.2. The third-order valence-electron chi connectivity index (χ3n) is 2.59. The van der Waals surface area contributed by atoms with E-state index in [4.69, 9.17) is 21.9 Å². The summed E-state index contributed by atoms with van der Waals surface area (Å²) in [6, 6.07) is 10.7. The molecule has 3 rings (SSSR count). The van der Waals surface area contributed by atoms with Crippen molar-refractivity contribution in [3.05, 3.63) is 47.6 Å². The van der Waals surface area contributed by atoms with Gasteiger partial charge < -0.3 is 10.3 Å². The third kappa shape index (κ3) is 2.15. The minimum Gasteiger partial charge on any atom is -0.398 e. The van der Waals surface area contributed by atoms with Crippen molar-refractivity contribution in [3.8, 4) is 23.0 Å². The van der Waals surface area contributed by atoms with Gasteiger partial charge in [0.1, 0.15) is 5.69 Å². The molecular weight excluding hydrogens is 264 g/mol. The van der Waals surface area contributed by atoms with Crippen molar-refractivity contribution < 1.29 is 4.52 Å². The number of benzene rings is 1. The molecular formula is C13H9ClN4O. The summed E-state index contributed by atoms with van der Waals surface area (Å²) in [5, 5.41) is 4.34. The number of nitrogens with zero attached hydrogens (tertiary/aromatic N) is 3. The van der Waals surface area contributed by atoms with E-state index in [9.17, 15) is 0 Å². The first-order valence-electron chi connectivity index (χ1n) is 5.55. The Labute approximate surface area is 114 Å². The fourth-order valence-electron chi connectivity index (χ4n) is 1.67. The summed E-state index contributed by atoms with van der Waals surface area (Å²) in [6.45, 7) is 0. The van der Waals surface area contributed by atoms with Gasteiger partial charge in [-0.1, -0.05) is 28.9 Å². The Balaban J connectivity index is 2.06. The summed E-state index contributed by atoms with van der Waals surface area (Å²) in [6.07, 6.45) is 1.62. The molecule has 0 fully saturated rings. The molecule has 5 nitrogen and oxygen atoms in total. The molecule has 0 unspecified atom stereocenters. The molecule has 0 saturated heterocycles. The maximum absolute atomic E-state index is 6.04. The Morgan fingerprint density at radius 2 is 1.95 bits per heavy atom. The van der Waals surface area contributed by atoms with Crippen LogP contribution in [0.25, 0.3) is 23.0 Å². The highest BCUT2D eigenvalue weighted by Gasteiger charge is 2.15. The smallest absolute Gasteiger partial charge is 0.260 e. The van der Waals surface area contributed by atoms with Crippen LogP contribution in [0.1, 0.15) is 0 Å². The number of hydrogen-bond acceptors (Lipinski definition) is 5. The van der Waals surface area contributed by atoms with Gasteiger partial charge in [0.2, 0.25) is 5.82 Å². The number of nitrogen functional groups attached to an aromatic ring is 1. The monoisotopic (exact) mass is 272 g/mol. The molecule has 0 aliphatic rings. The molecule has 0 spiro atoms. The number of rotatable bonds is 2. The SMILES string of the molecule is Nc1ccccc1-c1nc(-c2ncccc2Cl)no1. The molecule has 1 aromatic carbocycles. The molecule has 2 N–H and O–H groups in total. The molecule has 2 aromatic heterocycles. The van der Waals surface area contributed by atoms with Crippen molar-refractivity contribution >= 4 is 17.3 Å². The van der Waals surface area contributed by atoms with Gasteiger partial charge in [0, 0.05) is 11.9 Å². The van der Waals surface area contributed by atoms with E-state index in [1.165, 1.54) is 0 Å². The van der Waals surface area contributed by atoms with Gasteiger partial charge in [0.15, 0.2) is 0 Å². The second-order valence-corrected chi connectivity index (χ2v) is 4.25. The van der Waals surface area contributed by atoms with Crippen LogP contribution >= 0.6 is 11.6 Å². The molecule has 0 saturated carbocycles. The van der Waals surface area contributed by atoms with E-state index in [1.807, 2.05) is 18.2 Å². The average Bonchev–Trinajstić information content (AvgIpc) is 2.89. The second-order valence-electron chi connectivity index (χ2n) is 3.84. The molecule has 0 amide bonds. The van der Waals surface area contributed by atoms with Crippen molar-refractivity contribution in [2.75, 3.05) is 5.73 Å². The summed E-state index contributed by atoms with van der Waals surface area (Å²) in [5.41, 5.74) is 7.60. The van der Waals surface area contributed by atoms with E-state index in [1.54, 1.807) is 24.4 Å². The lowest BCUT2D eigenvalue weighted by molar-refractivity contribution is 0.432. The van der Waals surface area contributed by atoms with Crippen LogP contribution < -0.4 is 5.73 Å². The first-order valence-corrected chi connectivity index (χ1v) is 5.93. The first kappa shape index (κ1) is 11.7. The van der Waals surface area contributed by atoms with Crippen LogP contribution in [-0.2, 0) is 0 Å². The molecule has 0 aliphatic heterocycles. The lowest BCUT2D eigenvalue weighted by Crippen LogP contribution is -1.90. The van der Waals surface area contributed by atoms with Crippen LogP contribution in [0.5, 0.6) is 0 Å². The van der Waals surface area contributed by atoms with Gasteiger partial charge in [-0.05, 0) is 24.3 Å². The van der Waals surface area contributed by atoms with Crippen molar-refractivity contribution in [3.63, 3.8) is 0 Å². The summed E-state index contributed by atoms with van der Waals surface area (Å²) in [7, 11) is 0. The number of aromatic nitrogens is 3. The van der Waals surface area contributed by atoms with Crippen LogP contribution in [0.4, 0.5) is 5.69 Å². The van der Waals surface area contributed by atoms with Crippen molar-refractivity contribution in [1.82, 2.24) is 15.1 Å². The summed E-state index contributed by atoms with van der Waals surface area (Å²) >= 11 is 6.04. The molecule has 0 atom stereocenters. The summed E-state index contributed by atoms with van der Waals surface area (Å²) < 4.78 is 5.20. The molecule has 6 heteroatoms. The van der Waals surface area contributed by atoms with Crippen molar-refractivity contribution in [1.29, 1.82) is 0 Å². The summed E-state index contributed by atoms with van der Waals surface area (Å²) in [5.74, 6) is 0.679. The molecule has 0 aliphatic carbocycles. The van der Waals surface area contributed by atoms with Gasteiger partial charge in [-0.3, -0.25) is 4.98 Å². The topological polar surface area (TPSA) is 77.8 Å². The van der Waals surface area contributed by atoms with E-state index in [2.05, 4.69) is 15.1 Å². The predicted molar refractivity (Wildman–Crippen MR) is 72.4 cm³/mol. The van der Waals surface area contributed by atoms with Gasteiger partial charge >= 0.3 is 0 Å². The van der Waals surface area contributed by atoms with Gasteiger partial charge in [-0.2, -0.15) is 4.98 Å². The third-order valence-corrected chi connectivity index (χ3v) is 2.89. The first-order chi connectivity index (χ1) is 9.25. The largest absolute Gasteiger partial charge is 0.398 e. The quantitative estimate of drug-likeness (QED) is 0.726. The Bertz CT molecular complexity index is 666. The highest BCUT2D eigenvalue weighted by Crippen LogP contribution is 2.28. The Hall–Kier alpha value is -2.40. The fraction of sp³-hybridized carbons (Fsp3) is 0. The van der Waals surface area contributed by atoms with Crippen molar-refractivity contribution in [2.45, 2.75) is 0 Å². The zero-order chi connectivity index (χ0) is 13.2. The molecule has 0 radical (unpaired) electrons. The van der Waals surface area contributed by atoms with E-state index in [0.717, 1.165) is 0 Å². The average molecular weight is 273 g/mol. The van der Waals surface area contributed by atoms with Gasteiger partial charge in [-0.15, -0.1) is 0 Å². The minimum atomic E-state index is 0.337. The van der Waals surface area contributed by atoms with E-state index >= 15 is 0 Å². The second kappa shape index (κ2) is 4.70. The molecule has 19 heavy (non-hydrogen) atoms. The van der Waals surface area contributed by atoms with Crippen molar-refractivity contribution in [2.24, 2.45) is 0 Å². The number of nitrogens with two attached hydrogens (primary N) is 1. The molecule has 2 heterocycles. The lowest BCUT2D eigenvalue weighted by Gasteiger charge is -1.98. The number of hydrogen-bond donors (Lipinski definition) is 1. The maximum atomic E-state index is 6.04. The Morgan fingerprint density at radius 1 is 1.11 bits per heavy atom.